The molecule has 4 aromatic rings. The Balaban J connectivity index is 1.28. The molecule has 156 valence electrons. The van der Waals surface area contributed by atoms with Crippen LogP contribution < -0.4 is 4.90 Å². The van der Waals surface area contributed by atoms with E-state index in [2.05, 4.69) is 25.1 Å². The normalized spacial score (nSPS) is 14.1. The number of benzene rings is 1. The van der Waals surface area contributed by atoms with Gasteiger partial charge in [-0.1, -0.05) is 18.2 Å². The summed E-state index contributed by atoms with van der Waals surface area (Å²) in [5, 5.41) is 8.65. The van der Waals surface area contributed by atoms with E-state index < -0.39 is 0 Å². The van der Waals surface area contributed by atoms with E-state index in [1.807, 2.05) is 60.5 Å². The topological polar surface area (TPSA) is 85.0 Å². The molecule has 1 saturated heterocycles. The Labute approximate surface area is 179 Å². The van der Waals surface area contributed by atoms with Crippen LogP contribution in [0.25, 0.3) is 11.5 Å². The quantitative estimate of drug-likeness (QED) is 0.509. The highest BCUT2D eigenvalue weighted by Crippen LogP contribution is 2.19. The second kappa shape index (κ2) is 8.02. The van der Waals surface area contributed by atoms with Gasteiger partial charge in [0.2, 0.25) is 0 Å². The summed E-state index contributed by atoms with van der Waals surface area (Å²) in [6, 6.07) is 13.6. The number of anilines is 1. The third-order valence-electron chi connectivity index (χ3n) is 5.51. The standard InChI is InChI=1S/C22H22N8O/c1-17-19(15-26-30(17)18-6-3-2-4-7-18)22(31)28-12-10-27(11-13-28)20-14-21(24-16-23-20)29-9-5-8-25-29/h2-9,14-16H,10-13H2,1H3. The van der Waals surface area contributed by atoms with Gasteiger partial charge in [-0.25, -0.2) is 19.3 Å². The van der Waals surface area contributed by atoms with Crippen molar-refractivity contribution in [1.82, 2.24) is 34.4 Å². The van der Waals surface area contributed by atoms with E-state index >= 15 is 0 Å². The number of para-hydroxylation sites is 1. The number of nitrogens with zero attached hydrogens (tertiary/aromatic N) is 8. The molecule has 9 nitrogen and oxygen atoms in total. The predicted molar refractivity (Wildman–Crippen MR) is 116 cm³/mol. The van der Waals surface area contributed by atoms with Crippen LogP contribution in [-0.4, -0.2) is 66.5 Å². The van der Waals surface area contributed by atoms with Crippen LogP contribution in [0.2, 0.25) is 0 Å². The molecule has 0 saturated carbocycles. The Kier molecular flexibility index (Phi) is 4.91. The highest BCUT2D eigenvalue weighted by Gasteiger charge is 2.26. The zero-order chi connectivity index (χ0) is 21.2. The fourth-order valence-corrected chi connectivity index (χ4v) is 3.80. The molecule has 5 rings (SSSR count). The number of aromatic nitrogens is 6. The summed E-state index contributed by atoms with van der Waals surface area (Å²) in [5.74, 6) is 1.57. The van der Waals surface area contributed by atoms with Crippen molar-refractivity contribution >= 4 is 11.7 Å². The molecule has 0 aliphatic carbocycles. The molecule has 0 bridgehead atoms. The summed E-state index contributed by atoms with van der Waals surface area (Å²) in [7, 11) is 0. The summed E-state index contributed by atoms with van der Waals surface area (Å²) in [5.41, 5.74) is 2.43. The van der Waals surface area contributed by atoms with E-state index in [1.54, 1.807) is 28.1 Å². The van der Waals surface area contributed by atoms with Gasteiger partial charge in [0.1, 0.15) is 12.1 Å². The minimum atomic E-state index is 0.0132. The number of amides is 1. The van der Waals surface area contributed by atoms with E-state index in [9.17, 15) is 4.79 Å². The largest absolute Gasteiger partial charge is 0.353 e. The van der Waals surface area contributed by atoms with E-state index in [1.165, 1.54) is 0 Å². The van der Waals surface area contributed by atoms with Crippen LogP contribution in [0.1, 0.15) is 16.1 Å². The first-order valence-corrected chi connectivity index (χ1v) is 10.2. The van der Waals surface area contributed by atoms with Crippen molar-refractivity contribution in [3.8, 4) is 11.5 Å². The maximum atomic E-state index is 13.1. The summed E-state index contributed by atoms with van der Waals surface area (Å²) in [6.07, 6.45) is 6.78. The van der Waals surface area contributed by atoms with Crippen molar-refractivity contribution in [3.05, 3.63) is 78.6 Å². The zero-order valence-corrected chi connectivity index (χ0v) is 17.2. The van der Waals surface area contributed by atoms with Gasteiger partial charge in [0, 0.05) is 44.6 Å². The first kappa shape index (κ1) is 19.0. The van der Waals surface area contributed by atoms with Crippen molar-refractivity contribution < 1.29 is 4.79 Å². The molecular weight excluding hydrogens is 392 g/mol. The van der Waals surface area contributed by atoms with Crippen LogP contribution in [0.5, 0.6) is 0 Å². The molecule has 0 atom stereocenters. The molecule has 0 spiro atoms. The van der Waals surface area contributed by atoms with Crippen molar-refractivity contribution in [3.63, 3.8) is 0 Å². The van der Waals surface area contributed by atoms with Crippen molar-refractivity contribution in [2.24, 2.45) is 0 Å². The molecule has 1 fully saturated rings. The number of piperazine rings is 1. The van der Waals surface area contributed by atoms with Crippen molar-refractivity contribution in [2.45, 2.75) is 6.92 Å². The van der Waals surface area contributed by atoms with Crippen LogP contribution >= 0.6 is 0 Å². The van der Waals surface area contributed by atoms with Gasteiger partial charge in [0.25, 0.3) is 5.91 Å². The first-order chi connectivity index (χ1) is 15.2. The third-order valence-corrected chi connectivity index (χ3v) is 5.51. The molecule has 0 unspecified atom stereocenters. The van der Waals surface area contributed by atoms with Crippen LogP contribution in [0, 0.1) is 6.92 Å². The molecule has 0 N–H and O–H groups in total. The molecule has 4 heterocycles. The first-order valence-electron chi connectivity index (χ1n) is 10.2. The second-order valence-electron chi connectivity index (χ2n) is 7.36. The molecule has 3 aromatic heterocycles. The predicted octanol–water partition coefficient (Wildman–Crippen LogP) is 2.12. The SMILES string of the molecule is Cc1c(C(=O)N2CCN(c3cc(-n4cccn4)ncn3)CC2)cnn1-c1ccccc1. The molecule has 31 heavy (non-hydrogen) atoms. The lowest BCUT2D eigenvalue weighted by atomic mass is 10.2. The molecule has 1 aliphatic heterocycles. The highest BCUT2D eigenvalue weighted by atomic mass is 16.2. The zero-order valence-electron chi connectivity index (χ0n) is 17.2. The number of carbonyl (C=O) groups excluding carboxylic acids is 1. The fraction of sp³-hybridized carbons (Fsp3) is 0.227. The lowest BCUT2D eigenvalue weighted by molar-refractivity contribution is 0.0745. The lowest BCUT2D eigenvalue weighted by Crippen LogP contribution is -2.49. The van der Waals surface area contributed by atoms with Gasteiger partial charge < -0.3 is 9.80 Å². The van der Waals surface area contributed by atoms with E-state index in [-0.39, 0.29) is 5.91 Å². The monoisotopic (exact) mass is 414 g/mol. The number of hydrogen-bond acceptors (Lipinski definition) is 6. The maximum absolute atomic E-state index is 13.1. The molecule has 9 heteroatoms. The van der Waals surface area contributed by atoms with Gasteiger partial charge >= 0.3 is 0 Å². The van der Waals surface area contributed by atoms with E-state index in [0.29, 0.717) is 31.7 Å². The van der Waals surface area contributed by atoms with Gasteiger partial charge in [-0.05, 0) is 25.1 Å². The molecule has 1 aromatic carbocycles. The van der Waals surface area contributed by atoms with E-state index in [0.717, 1.165) is 23.0 Å². The molecule has 1 aliphatic rings. The number of carbonyl (C=O) groups is 1. The Morgan fingerprint density at radius 3 is 2.45 bits per heavy atom. The van der Waals surface area contributed by atoms with Crippen LogP contribution in [-0.2, 0) is 0 Å². The fourth-order valence-electron chi connectivity index (χ4n) is 3.80. The van der Waals surface area contributed by atoms with E-state index in [4.69, 9.17) is 0 Å². The summed E-state index contributed by atoms with van der Waals surface area (Å²) >= 11 is 0. The van der Waals surface area contributed by atoms with Gasteiger partial charge in [-0.2, -0.15) is 10.2 Å². The minimum absolute atomic E-state index is 0.0132. The maximum Gasteiger partial charge on any atom is 0.257 e. The van der Waals surface area contributed by atoms with Gasteiger partial charge in [0.15, 0.2) is 5.82 Å². The summed E-state index contributed by atoms with van der Waals surface area (Å²) in [4.78, 5) is 25.9. The summed E-state index contributed by atoms with van der Waals surface area (Å²) < 4.78 is 3.51. The van der Waals surface area contributed by atoms with Crippen LogP contribution in [0.15, 0.2) is 67.4 Å². The van der Waals surface area contributed by atoms with Gasteiger partial charge in [0.05, 0.1) is 23.1 Å². The Morgan fingerprint density at radius 1 is 0.935 bits per heavy atom. The third kappa shape index (κ3) is 3.65. The lowest BCUT2D eigenvalue weighted by Gasteiger charge is -2.35. The minimum Gasteiger partial charge on any atom is -0.353 e. The Hall–Kier alpha value is -4.01. The van der Waals surface area contributed by atoms with Gasteiger partial charge in [-0.15, -0.1) is 0 Å². The molecule has 0 radical (unpaired) electrons. The Morgan fingerprint density at radius 2 is 1.71 bits per heavy atom. The second-order valence-corrected chi connectivity index (χ2v) is 7.36. The van der Waals surface area contributed by atoms with Gasteiger partial charge in [-0.3, -0.25) is 4.79 Å². The average Bonchev–Trinajstić information content (AvgIpc) is 3.50. The smallest absolute Gasteiger partial charge is 0.257 e. The highest BCUT2D eigenvalue weighted by molar-refractivity contribution is 5.95. The molecular formula is C22H22N8O. The van der Waals surface area contributed by atoms with Crippen LogP contribution in [0.3, 0.4) is 0 Å². The van der Waals surface area contributed by atoms with Crippen LogP contribution in [0.4, 0.5) is 5.82 Å². The summed E-state index contributed by atoms with van der Waals surface area (Å²) in [6.45, 7) is 4.58. The molecule has 1 amide bonds. The van der Waals surface area contributed by atoms with Crippen molar-refractivity contribution in [2.75, 3.05) is 31.1 Å². The number of rotatable bonds is 4. The number of hydrogen-bond donors (Lipinski definition) is 0. The Bertz CT molecular complexity index is 1180. The van der Waals surface area contributed by atoms with Crippen molar-refractivity contribution in [1.29, 1.82) is 0 Å². The average molecular weight is 414 g/mol.